The van der Waals surface area contributed by atoms with Gasteiger partial charge in [0.25, 0.3) is 0 Å². The fraction of sp³-hybridized carbons (Fsp3) is 0. The molecule has 0 bridgehead atoms. The zero-order valence-corrected chi connectivity index (χ0v) is 18.4. The van der Waals surface area contributed by atoms with Gasteiger partial charge in [-0.25, -0.2) is 0 Å². The average Bonchev–Trinajstić information content (AvgIpc) is 2.64. The molecule has 0 aliphatic heterocycles. The van der Waals surface area contributed by atoms with Crippen LogP contribution in [0.15, 0.2) is 91.0 Å². The SMILES string of the molecule is O=P(c1ccccc1)(c1ccccc1)c1ccccc1.[I][Co][I]. The standard InChI is InChI=1S/C18H15OP.Co.2HI/c19-20(16-10-4-1-5-11-16,17-12-6-2-7-13-17)18-14-8-3-9-15-18;;;/h1-15H;;2*1H/q;+2;;/p-2. The van der Waals surface area contributed by atoms with Gasteiger partial charge in [-0.3, -0.25) is 0 Å². The summed E-state index contributed by atoms with van der Waals surface area (Å²) in [5.41, 5.74) is 0. The second-order valence-electron chi connectivity index (χ2n) is 4.66. The first-order valence-corrected chi connectivity index (χ1v) is 15.3. The van der Waals surface area contributed by atoms with Crippen LogP contribution >= 0.6 is 48.0 Å². The van der Waals surface area contributed by atoms with Crippen molar-refractivity contribution in [2.45, 2.75) is 0 Å². The summed E-state index contributed by atoms with van der Waals surface area (Å²) >= 11 is 4.49. The van der Waals surface area contributed by atoms with Gasteiger partial charge >= 0.3 is 49.1 Å². The summed E-state index contributed by atoms with van der Waals surface area (Å²) < 4.78 is 13.8. The Labute approximate surface area is 166 Å². The van der Waals surface area contributed by atoms with E-state index in [1.54, 1.807) is 0 Å². The first-order chi connectivity index (χ1) is 11.2. The molecule has 3 aromatic rings. The van der Waals surface area contributed by atoms with Gasteiger partial charge in [-0.1, -0.05) is 91.0 Å². The van der Waals surface area contributed by atoms with Crippen LogP contribution in [0.4, 0.5) is 0 Å². The third kappa shape index (κ3) is 4.92. The molecule has 0 atom stereocenters. The first-order valence-electron chi connectivity index (χ1n) is 6.84. The van der Waals surface area contributed by atoms with Gasteiger partial charge in [0.1, 0.15) is 0 Å². The molecule has 0 aliphatic carbocycles. The van der Waals surface area contributed by atoms with E-state index in [1.165, 1.54) is 8.26 Å². The van der Waals surface area contributed by atoms with Crippen LogP contribution in [0.5, 0.6) is 0 Å². The van der Waals surface area contributed by atoms with Crippen molar-refractivity contribution in [3.05, 3.63) is 91.0 Å². The van der Waals surface area contributed by atoms with Crippen LogP contribution in [-0.4, -0.2) is 0 Å². The monoisotopic (exact) mass is 591 g/mol. The minimum absolute atomic E-state index is 0.873. The number of benzene rings is 3. The van der Waals surface area contributed by atoms with E-state index in [4.69, 9.17) is 0 Å². The summed E-state index contributed by atoms with van der Waals surface area (Å²) in [7, 11) is -1.40. The van der Waals surface area contributed by atoms with E-state index in [9.17, 15) is 4.57 Å². The van der Waals surface area contributed by atoms with E-state index >= 15 is 0 Å². The van der Waals surface area contributed by atoms with Crippen molar-refractivity contribution in [3.8, 4) is 0 Å². The minimum atomic E-state index is -2.78. The predicted octanol–water partition coefficient (Wildman–Crippen LogP) is 5.09. The molecule has 0 fully saturated rings. The molecule has 0 aliphatic rings. The fourth-order valence-electron chi connectivity index (χ4n) is 2.36. The second kappa shape index (κ2) is 9.99. The summed E-state index contributed by atoms with van der Waals surface area (Å²) in [6.07, 6.45) is 0. The molecule has 0 spiro atoms. The molecule has 0 heterocycles. The van der Waals surface area contributed by atoms with Gasteiger partial charge in [-0.15, -0.1) is 0 Å². The summed E-state index contributed by atoms with van der Waals surface area (Å²) in [5.74, 6) is 0. The van der Waals surface area contributed by atoms with Gasteiger partial charge in [0.2, 0.25) is 0 Å². The van der Waals surface area contributed by atoms with Gasteiger partial charge < -0.3 is 4.57 Å². The normalized spacial score (nSPS) is 10.7. The second-order valence-corrected chi connectivity index (χ2v) is 16.2. The zero-order chi connectivity index (χ0) is 16.5. The van der Waals surface area contributed by atoms with Crippen LogP contribution in [0.2, 0.25) is 0 Å². The van der Waals surface area contributed by atoms with Crippen molar-refractivity contribution >= 4 is 63.9 Å². The van der Waals surface area contributed by atoms with Crippen molar-refractivity contribution in [3.63, 3.8) is 0 Å². The molecule has 0 unspecified atom stereocenters. The van der Waals surface area contributed by atoms with Gasteiger partial charge in [-0.2, -0.15) is 0 Å². The maximum absolute atomic E-state index is 13.8. The molecule has 1 nitrogen and oxygen atoms in total. The number of hydrogen-bond acceptors (Lipinski definition) is 1. The predicted molar refractivity (Wildman–Crippen MR) is 114 cm³/mol. The Morgan fingerprint density at radius 2 is 0.783 bits per heavy atom. The Morgan fingerprint density at radius 1 is 0.565 bits per heavy atom. The first kappa shape index (κ1) is 19.2. The molecular formula is C18H15CoI2OP. The molecule has 3 aromatic carbocycles. The van der Waals surface area contributed by atoms with Crippen LogP contribution in [0, 0.1) is 0 Å². The Balaban J connectivity index is 0.000000595. The molecule has 0 aromatic heterocycles. The van der Waals surface area contributed by atoms with Crippen LogP contribution < -0.4 is 15.9 Å². The van der Waals surface area contributed by atoms with Crippen molar-refractivity contribution in [2.75, 3.05) is 0 Å². The molecular weight excluding hydrogens is 576 g/mol. The van der Waals surface area contributed by atoms with Crippen molar-refractivity contribution in [2.24, 2.45) is 0 Å². The number of rotatable bonds is 3. The summed E-state index contributed by atoms with van der Waals surface area (Å²) in [5, 5.41) is 2.62. The maximum atomic E-state index is 13.8. The fourth-order valence-corrected chi connectivity index (χ4v) is 5.03. The van der Waals surface area contributed by atoms with Crippen molar-refractivity contribution < 1.29 is 12.8 Å². The van der Waals surface area contributed by atoms with E-state index in [0.717, 1.165) is 15.9 Å². The van der Waals surface area contributed by atoms with E-state index in [1.807, 2.05) is 91.0 Å². The van der Waals surface area contributed by atoms with Gasteiger partial charge in [0.15, 0.2) is 7.14 Å². The molecule has 0 amide bonds. The van der Waals surface area contributed by atoms with Crippen molar-refractivity contribution in [1.29, 1.82) is 0 Å². The molecule has 0 saturated heterocycles. The number of halogens is 2. The van der Waals surface area contributed by atoms with Crippen molar-refractivity contribution in [1.82, 2.24) is 0 Å². The third-order valence-electron chi connectivity index (χ3n) is 3.36. The Bertz CT molecular complexity index is 648. The number of hydrogen-bond donors (Lipinski definition) is 0. The van der Waals surface area contributed by atoms with E-state index in [0.29, 0.717) is 0 Å². The summed E-state index contributed by atoms with van der Waals surface area (Å²) in [4.78, 5) is 0. The zero-order valence-electron chi connectivity index (χ0n) is 12.1. The van der Waals surface area contributed by atoms with E-state index < -0.39 is 7.14 Å². The van der Waals surface area contributed by atoms with Crippen LogP contribution in [0.1, 0.15) is 0 Å². The van der Waals surface area contributed by atoms with Gasteiger partial charge in [0, 0.05) is 15.9 Å². The average molecular weight is 591 g/mol. The Hall–Kier alpha value is -0.144. The molecule has 0 radical (unpaired) electrons. The molecule has 23 heavy (non-hydrogen) atoms. The van der Waals surface area contributed by atoms with Crippen LogP contribution in [0.25, 0.3) is 0 Å². The molecule has 121 valence electrons. The van der Waals surface area contributed by atoms with E-state index in [-0.39, 0.29) is 0 Å². The van der Waals surface area contributed by atoms with Gasteiger partial charge in [-0.05, 0) is 0 Å². The molecule has 0 saturated carbocycles. The van der Waals surface area contributed by atoms with E-state index in [2.05, 4.69) is 40.8 Å². The Morgan fingerprint density at radius 3 is 1.00 bits per heavy atom. The molecule has 0 N–H and O–H groups in total. The molecule has 5 heteroatoms. The summed E-state index contributed by atoms with van der Waals surface area (Å²) in [6.45, 7) is 0. The Kier molecular flexibility index (Phi) is 8.33. The quantitative estimate of drug-likeness (QED) is 0.307. The third-order valence-corrected chi connectivity index (χ3v) is 6.44. The molecule has 3 rings (SSSR count). The topological polar surface area (TPSA) is 17.1 Å². The van der Waals surface area contributed by atoms with Gasteiger partial charge in [0.05, 0.1) is 0 Å². The van der Waals surface area contributed by atoms with Crippen LogP contribution in [0.3, 0.4) is 0 Å². The van der Waals surface area contributed by atoms with Crippen LogP contribution in [-0.2, 0) is 12.8 Å². The summed E-state index contributed by atoms with van der Waals surface area (Å²) in [6, 6.07) is 29.1.